The zero-order chi connectivity index (χ0) is 12.8. The molecule has 4 rings (SSSR count). The van der Waals surface area contributed by atoms with E-state index in [1.54, 1.807) is 0 Å². The summed E-state index contributed by atoms with van der Waals surface area (Å²) in [6, 6.07) is 6.61. The van der Waals surface area contributed by atoms with E-state index in [1.165, 1.54) is 25.7 Å². The molecule has 6 heteroatoms. The zero-order valence-electron chi connectivity index (χ0n) is 10.4. The highest BCUT2D eigenvalue weighted by molar-refractivity contribution is 9.10. The largest absolute Gasteiger partial charge is 0.352 e. The Labute approximate surface area is 118 Å². The van der Waals surface area contributed by atoms with Gasteiger partial charge in [-0.05, 0) is 31.0 Å². The van der Waals surface area contributed by atoms with Crippen molar-refractivity contribution in [2.75, 3.05) is 5.32 Å². The highest BCUT2D eigenvalue weighted by Crippen LogP contribution is 2.23. The van der Waals surface area contributed by atoms with Crippen molar-refractivity contribution in [3.63, 3.8) is 0 Å². The van der Waals surface area contributed by atoms with Crippen LogP contribution in [-0.4, -0.2) is 25.6 Å². The van der Waals surface area contributed by atoms with Gasteiger partial charge < -0.3 is 5.32 Å². The van der Waals surface area contributed by atoms with Crippen LogP contribution < -0.4 is 5.32 Å². The van der Waals surface area contributed by atoms with Gasteiger partial charge in [0.05, 0.1) is 11.0 Å². The first-order chi connectivity index (χ1) is 9.29. The minimum absolute atomic E-state index is 0.552. The van der Waals surface area contributed by atoms with Crippen molar-refractivity contribution in [1.29, 1.82) is 0 Å². The number of halogens is 1. The number of aromatic nitrogens is 4. The van der Waals surface area contributed by atoms with Gasteiger partial charge in [0.15, 0.2) is 0 Å². The first kappa shape index (κ1) is 11.3. The summed E-state index contributed by atoms with van der Waals surface area (Å²) in [6.07, 6.45) is 5.09. The average molecular weight is 320 g/mol. The van der Waals surface area contributed by atoms with Crippen LogP contribution in [0.3, 0.4) is 0 Å². The molecule has 0 saturated heterocycles. The molecule has 1 aromatic carbocycles. The molecule has 2 N–H and O–H groups in total. The predicted octanol–water partition coefficient (Wildman–Crippen LogP) is 3.33. The van der Waals surface area contributed by atoms with E-state index in [0.717, 1.165) is 21.5 Å². The second-order valence-corrected chi connectivity index (χ2v) is 5.99. The molecule has 2 aromatic heterocycles. The van der Waals surface area contributed by atoms with Crippen molar-refractivity contribution in [2.24, 2.45) is 0 Å². The molecule has 0 radical (unpaired) electrons. The van der Waals surface area contributed by atoms with E-state index in [2.05, 4.69) is 36.3 Å². The van der Waals surface area contributed by atoms with Crippen molar-refractivity contribution in [2.45, 2.75) is 31.7 Å². The van der Waals surface area contributed by atoms with Crippen LogP contribution in [0.5, 0.6) is 0 Å². The predicted molar refractivity (Wildman–Crippen MR) is 78.4 cm³/mol. The minimum atomic E-state index is 0.552. The molecule has 0 amide bonds. The summed E-state index contributed by atoms with van der Waals surface area (Å²) in [5.41, 5.74) is 1.99. The second-order valence-electron chi connectivity index (χ2n) is 5.08. The number of anilines is 1. The molecule has 1 saturated carbocycles. The fourth-order valence-electron chi connectivity index (χ4n) is 2.78. The Balaban J connectivity index is 1.74. The Morgan fingerprint density at radius 3 is 2.95 bits per heavy atom. The number of rotatable bonds is 2. The normalized spacial score (nSPS) is 16.7. The molecule has 0 unspecified atom stereocenters. The number of imidazole rings is 1. The maximum absolute atomic E-state index is 4.52. The average Bonchev–Trinajstić information content (AvgIpc) is 3.05. The van der Waals surface area contributed by atoms with E-state index in [9.17, 15) is 0 Å². The van der Waals surface area contributed by atoms with E-state index in [0.29, 0.717) is 11.8 Å². The standard InChI is InChI=1S/C13H14BrN5/c14-8-5-6-11-10(7-8)16-13-17-12(18-19(11)13)15-9-3-1-2-4-9/h5-7,9H,1-4H2,(H2,15,16,17,18). The van der Waals surface area contributed by atoms with Gasteiger partial charge >= 0.3 is 0 Å². The van der Waals surface area contributed by atoms with Crippen molar-refractivity contribution in [3.05, 3.63) is 22.7 Å². The molecule has 0 bridgehead atoms. The third kappa shape index (κ3) is 1.90. The first-order valence-corrected chi connectivity index (χ1v) is 7.39. The number of fused-ring (bicyclic) bond motifs is 3. The van der Waals surface area contributed by atoms with Crippen LogP contribution >= 0.6 is 15.9 Å². The van der Waals surface area contributed by atoms with Crippen LogP contribution in [0.15, 0.2) is 22.7 Å². The summed E-state index contributed by atoms with van der Waals surface area (Å²) in [5.74, 6) is 1.54. The molecule has 19 heavy (non-hydrogen) atoms. The van der Waals surface area contributed by atoms with Crippen LogP contribution in [0.2, 0.25) is 0 Å². The second kappa shape index (κ2) is 4.23. The lowest BCUT2D eigenvalue weighted by atomic mass is 10.3. The van der Waals surface area contributed by atoms with Gasteiger partial charge in [0, 0.05) is 10.5 Å². The number of hydrogen-bond donors (Lipinski definition) is 2. The Hall–Kier alpha value is -1.56. The van der Waals surface area contributed by atoms with E-state index in [-0.39, 0.29) is 0 Å². The van der Waals surface area contributed by atoms with E-state index < -0.39 is 0 Å². The minimum Gasteiger partial charge on any atom is -0.352 e. The molecule has 1 fully saturated rings. The molecule has 1 aliphatic rings. The third-order valence-corrected chi connectivity index (χ3v) is 4.22. The number of benzene rings is 1. The van der Waals surface area contributed by atoms with Crippen molar-refractivity contribution >= 4 is 38.7 Å². The maximum Gasteiger partial charge on any atom is 0.253 e. The number of nitrogens with zero attached hydrogens (tertiary/aromatic N) is 3. The third-order valence-electron chi connectivity index (χ3n) is 3.72. The van der Waals surface area contributed by atoms with E-state index in [1.807, 2.05) is 22.7 Å². The molecular formula is C13H14BrN5. The molecule has 0 atom stereocenters. The van der Waals surface area contributed by atoms with Gasteiger partial charge in [0.1, 0.15) is 0 Å². The summed E-state index contributed by atoms with van der Waals surface area (Å²) >= 11 is 3.46. The molecule has 0 aliphatic heterocycles. The molecule has 5 nitrogen and oxygen atoms in total. The zero-order valence-corrected chi connectivity index (χ0v) is 11.9. The summed E-state index contributed by atoms with van der Waals surface area (Å²) in [7, 11) is 0. The van der Waals surface area contributed by atoms with Gasteiger partial charge in [0.25, 0.3) is 5.78 Å². The van der Waals surface area contributed by atoms with Gasteiger partial charge in [-0.3, -0.25) is 5.10 Å². The summed E-state index contributed by atoms with van der Waals surface area (Å²) in [6.45, 7) is 0. The molecule has 2 heterocycles. The van der Waals surface area contributed by atoms with Crippen LogP contribution in [0.25, 0.3) is 16.8 Å². The topological polar surface area (TPSA) is 58.0 Å². The first-order valence-electron chi connectivity index (χ1n) is 6.60. The van der Waals surface area contributed by atoms with Crippen molar-refractivity contribution in [3.8, 4) is 0 Å². The quantitative estimate of drug-likeness (QED) is 0.761. The Bertz CT molecular complexity index is 738. The van der Waals surface area contributed by atoms with E-state index >= 15 is 0 Å². The van der Waals surface area contributed by atoms with Gasteiger partial charge in [-0.25, -0.2) is 9.50 Å². The van der Waals surface area contributed by atoms with Gasteiger partial charge in [0.2, 0.25) is 5.95 Å². The van der Waals surface area contributed by atoms with Crippen LogP contribution in [0.1, 0.15) is 25.7 Å². The highest BCUT2D eigenvalue weighted by atomic mass is 79.9. The molecule has 1 aliphatic carbocycles. The summed E-state index contributed by atoms with van der Waals surface area (Å²) < 4.78 is 2.96. The molecule has 0 spiro atoms. The Morgan fingerprint density at radius 1 is 1.26 bits per heavy atom. The lowest BCUT2D eigenvalue weighted by Crippen LogP contribution is -2.15. The maximum atomic E-state index is 4.52. The van der Waals surface area contributed by atoms with Gasteiger partial charge in [-0.15, -0.1) is 0 Å². The van der Waals surface area contributed by atoms with Crippen LogP contribution in [-0.2, 0) is 0 Å². The molecule has 98 valence electrons. The van der Waals surface area contributed by atoms with Gasteiger partial charge in [-0.2, -0.15) is 4.98 Å². The summed E-state index contributed by atoms with van der Waals surface area (Å²) in [4.78, 5) is 9.03. The molecule has 3 aromatic rings. The lowest BCUT2D eigenvalue weighted by Gasteiger charge is -2.09. The highest BCUT2D eigenvalue weighted by Gasteiger charge is 2.17. The number of H-pyrrole nitrogens is 1. The number of hydrogen-bond acceptors (Lipinski definition) is 3. The van der Waals surface area contributed by atoms with Crippen molar-refractivity contribution in [1.82, 2.24) is 19.6 Å². The number of nitrogens with one attached hydrogen (secondary N) is 2. The van der Waals surface area contributed by atoms with Crippen molar-refractivity contribution < 1.29 is 0 Å². The Kier molecular flexibility index (Phi) is 2.51. The number of aromatic amines is 1. The van der Waals surface area contributed by atoms with Gasteiger partial charge in [-0.1, -0.05) is 28.8 Å². The SMILES string of the molecule is Brc1ccc2c(c1)nc1nc(NC3CCCC3)[nH]n12. The van der Waals surface area contributed by atoms with E-state index in [4.69, 9.17) is 0 Å². The molecular weight excluding hydrogens is 306 g/mol. The lowest BCUT2D eigenvalue weighted by molar-refractivity contribution is 0.744. The van der Waals surface area contributed by atoms with Crippen LogP contribution in [0.4, 0.5) is 5.95 Å². The summed E-state index contributed by atoms with van der Waals surface area (Å²) in [5, 5.41) is 6.74. The monoisotopic (exact) mass is 319 g/mol. The van der Waals surface area contributed by atoms with Crippen LogP contribution in [0, 0.1) is 0 Å². The fraction of sp³-hybridized carbons (Fsp3) is 0.385. The fourth-order valence-corrected chi connectivity index (χ4v) is 3.13. The smallest absolute Gasteiger partial charge is 0.253 e. The Morgan fingerprint density at radius 2 is 2.11 bits per heavy atom.